The van der Waals surface area contributed by atoms with Crippen molar-refractivity contribution in [1.82, 2.24) is 9.80 Å². The van der Waals surface area contributed by atoms with E-state index in [0.717, 1.165) is 25.2 Å². The highest BCUT2D eigenvalue weighted by Crippen LogP contribution is 2.20. The molecule has 1 N–H and O–H groups in total. The molecule has 1 aromatic rings. The molecule has 0 spiro atoms. The van der Waals surface area contributed by atoms with Crippen molar-refractivity contribution in [1.29, 1.82) is 5.41 Å². The van der Waals surface area contributed by atoms with E-state index in [1.165, 1.54) is 0 Å². The summed E-state index contributed by atoms with van der Waals surface area (Å²) in [5, 5.41) is 8.27. The zero-order chi connectivity index (χ0) is 12.5. The summed E-state index contributed by atoms with van der Waals surface area (Å²) in [5.41, 5.74) is 1.15. The van der Waals surface area contributed by atoms with Gasteiger partial charge in [0.1, 0.15) is 5.84 Å². The Morgan fingerprint density at radius 1 is 1.18 bits per heavy atom. The molecular formula is C14H21N3. The minimum absolute atomic E-state index is 0.138. The summed E-state index contributed by atoms with van der Waals surface area (Å²) < 4.78 is 0. The fraction of sp³-hybridized carbons (Fsp3) is 0.500. The quantitative estimate of drug-likeness (QED) is 0.592. The van der Waals surface area contributed by atoms with Gasteiger partial charge in [-0.25, -0.2) is 0 Å². The van der Waals surface area contributed by atoms with Crippen molar-refractivity contribution in [2.75, 3.05) is 26.7 Å². The van der Waals surface area contributed by atoms with Crippen LogP contribution >= 0.6 is 0 Å². The first-order valence-electron chi connectivity index (χ1n) is 6.11. The number of hydrogen-bond donors (Lipinski definition) is 1. The Hall–Kier alpha value is -1.35. The third kappa shape index (κ3) is 2.50. The van der Waals surface area contributed by atoms with Gasteiger partial charge in [-0.2, -0.15) is 0 Å². The average molecular weight is 231 g/mol. The van der Waals surface area contributed by atoms with E-state index in [1.54, 1.807) is 0 Å². The average Bonchev–Trinajstić information content (AvgIpc) is 2.33. The highest BCUT2D eigenvalue weighted by atomic mass is 15.3. The lowest BCUT2D eigenvalue weighted by Gasteiger charge is -2.46. The molecule has 92 valence electrons. The van der Waals surface area contributed by atoms with Gasteiger partial charge in [0.15, 0.2) is 0 Å². The zero-order valence-corrected chi connectivity index (χ0v) is 10.9. The molecule has 17 heavy (non-hydrogen) atoms. The van der Waals surface area contributed by atoms with E-state index in [9.17, 15) is 0 Å². The second-order valence-electron chi connectivity index (χ2n) is 5.37. The summed E-state index contributed by atoms with van der Waals surface area (Å²) in [6, 6.07) is 9.99. The van der Waals surface area contributed by atoms with Gasteiger partial charge in [-0.3, -0.25) is 10.3 Å². The van der Waals surface area contributed by atoms with Crippen LogP contribution in [-0.4, -0.2) is 47.9 Å². The third-order valence-electron chi connectivity index (χ3n) is 3.68. The number of hydrogen-bond acceptors (Lipinski definition) is 2. The summed E-state index contributed by atoms with van der Waals surface area (Å²) in [4.78, 5) is 4.54. The minimum atomic E-state index is 0.138. The van der Waals surface area contributed by atoms with Crippen LogP contribution in [0.1, 0.15) is 19.4 Å². The molecule has 0 saturated carbocycles. The van der Waals surface area contributed by atoms with Crippen LogP contribution < -0.4 is 0 Å². The summed E-state index contributed by atoms with van der Waals surface area (Å²) in [7, 11) is 2.16. The van der Waals surface area contributed by atoms with Crippen LogP contribution in [0.25, 0.3) is 0 Å². The number of amidine groups is 1. The number of rotatable bonds is 1. The molecule has 0 unspecified atom stereocenters. The van der Waals surface area contributed by atoms with Gasteiger partial charge in [0.05, 0.1) is 0 Å². The molecule has 0 atom stereocenters. The summed E-state index contributed by atoms with van der Waals surface area (Å²) >= 11 is 0. The van der Waals surface area contributed by atoms with Crippen molar-refractivity contribution >= 4 is 5.84 Å². The zero-order valence-electron chi connectivity index (χ0n) is 10.9. The lowest BCUT2D eigenvalue weighted by Crippen LogP contribution is -2.58. The summed E-state index contributed by atoms with van der Waals surface area (Å²) in [5.74, 6) is 0.645. The van der Waals surface area contributed by atoms with Gasteiger partial charge in [-0.05, 0) is 20.9 Å². The van der Waals surface area contributed by atoms with Gasteiger partial charge in [0, 0.05) is 30.7 Å². The molecule has 3 nitrogen and oxygen atoms in total. The molecule has 3 heteroatoms. The van der Waals surface area contributed by atoms with Gasteiger partial charge in [0.25, 0.3) is 0 Å². The maximum Gasteiger partial charge on any atom is 0.128 e. The molecule has 1 aliphatic heterocycles. The van der Waals surface area contributed by atoms with Gasteiger partial charge in [-0.1, -0.05) is 30.3 Å². The van der Waals surface area contributed by atoms with E-state index in [0.29, 0.717) is 5.84 Å². The Morgan fingerprint density at radius 2 is 1.82 bits per heavy atom. The van der Waals surface area contributed by atoms with E-state index >= 15 is 0 Å². The van der Waals surface area contributed by atoms with Gasteiger partial charge < -0.3 is 4.90 Å². The van der Waals surface area contributed by atoms with Crippen molar-refractivity contribution < 1.29 is 0 Å². The Labute approximate surface area is 104 Å². The number of benzene rings is 1. The van der Waals surface area contributed by atoms with E-state index in [2.05, 4.69) is 30.7 Å². The smallest absolute Gasteiger partial charge is 0.128 e. The van der Waals surface area contributed by atoms with Crippen LogP contribution in [-0.2, 0) is 0 Å². The molecule has 0 aromatic heterocycles. The molecule has 0 radical (unpaired) electrons. The normalized spacial score (nSPS) is 20.3. The van der Waals surface area contributed by atoms with Crippen molar-refractivity contribution in [2.45, 2.75) is 19.4 Å². The Bertz CT molecular complexity index is 397. The number of nitrogens with one attached hydrogen (secondary N) is 1. The van der Waals surface area contributed by atoms with Crippen LogP contribution in [0, 0.1) is 5.41 Å². The molecule has 1 saturated heterocycles. The van der Waals surface area contributed by atoms with Crippen LogP contribution in [0.5, 0.6) is 0 Å². The molecule has 1 heterocycles. The Balaban J connectivity index is 2.12. The topological polar surface area (TPSA) is 30.3 Å². The summed E-state index contributed by atoms with van der Waals surface area (Å²) in [6.07, 6.45) is 0. The molecule has 1 aliphatic rings. The molecule has 0 bridgehead atoms. The van der Waals surface area contributed by atoms with Crippen LogP contribution in [0.2, 0.25) is 0 Å². The van der Waals surface area contributed by atoms with Crippen LogP contribution in [0.3, 0.4) is 0 Å². The Kier molecular flexibility index (Phi) is 3.20. The number of likely N-dealkylation sites (N-methyl/N-ethyl adjacent to an activating group) is 1. The third-order valence-corrected chi connectivity index (χ3v) is 3.68. The number of nitrogens with zero attached hydrogens (tertiary/aromatic N) is 2. The predicted octanol–water partition coefficient (Wildman–Crippen LogP) is 2.04. The minimum Gasteiger partial charge on any atom is -0.353 e. The first-order valence-corrected chi connectivity index (χ1v) is 6.11. The van der Waals surface area contributed by atoms with Crippen molar-refractivity contribution in [2.24, 2.45) is 0 Å². The maximum absolute atomic E-state index is 8.27. The molecule has 0 amide bonds. The first-order chi connectivity index (χ1) is 8.00. The first kappa shape index (κ1) is 12.1. The lowest BCUT2D eigenvalue weighted by atomic mass is 9.99. The van der Waals surface area contributed by atoms with E-state index in [-0.39, 0.29) is 5.54 Å². The van der Waals surface area contributed by atoms with E-state index in [1.807, 2.05) is 30.3 Å². The van der Waals surface area contributed by atoms with Gasteiger partial charge in [-0.15, -0.1) is 0 Å². The standard InChI is InChI=1S/C14H21N3/c1-14(2)11-17(10-9-16(14)3)13(15)12-7-5-4-6-8-12/h4-8,15H,9-11H2,1-3H3. The highest BCUT2D eigenvalue weighted by Gasteiger charge is 2.32. The van der Waals surface area contributed by atoms with E-state index in [4.69, 9.17) is 5.41 Å². The van der Waals surface area contributed by atoms with Crippen molar-refractivity contribution in [3.8, 4) is 0 Å². The lowest BCUT2D eigenvalue weighted by molar-refractivity contribution is 0.0743. The van der Waals surface area contributed by atoms with Crippen LogP contribution in [0.4, 0.5) is 0 Å². The largest absolute Gasteiger partial charge is 0.353 e. The molecule has 0 aliphatic carbocycles. The molecule has 1 fully saturated rings. The van der Waals surface area contributed by atoms with E-state index < -0.39 is 0 Å². The fourth-order valence-corrected chi connectivity index (χ4v) is 2.21. The van der Waals surface area contributed by atoms with Gasteiger partial charge in [0.2, 0.25) is 0 Å². The maximum atomic E-state index is 8.27. The van der Waals surface area contributed by atoms with Crippen molar-refractivity contribution in [3.05, 3.63) is 35.9 Å². The SMILES string of the molecule is CN1CCN(C(=N)c2ccccc2)CC1(C)C. The van der Waals surface area contributed by atoms with Gasteiger partial charge >= 0.3 is 0 Å². The highest BCUT2D eigenvalue weighted by molar-refractivity contribution is 5.96. The monoisotopic (exact) mass is 231 g/mol. The van der Waals surface area contributed by atoms with Crippen LogP contribution in [0.15, 0.2) is 30.3 Å². The molecule has 1 aromatic carbocycles. The molecular weight excluding hydrogens is 210 g/mol. The van der Waals surface area contributed by atoms with Crippen molar-refractivity contribution in [3.63, 3.8) is 0 Å². The molecule has 2 rings (SSSR count). The second kappa shape index (κ2) is 4.49. The fourth-order valence-electron chi connectivity index (χ4n) is 2.21. The number of piperazine rings is 1. The Morgan fingerprint density at radius 3 is 2.41 bits per heavy atom. The second-order valence-corrected chi connectivity index (χ2v) is 5.37. The summed E-state index contributed by atoms with van der Waals surface area (Å²) in [6.45, 7) is 7.34. The predicted molar refractivity (Wildman–Crippen MR) is 71.6 cm³/mol.